The maximum Gasteiger partial charge on any atom is 0.295 e. The fraction of sp³-hybridized carbons (Fsp3) is 0.385. The van der Waals surface area contributed by atoms with Gasteiger partial charge in [0.05, 0.1) is 18.2 Å². The number of rotatable bonds is 10. The lowest BCUT2D eigenvalue weighted by molar-refractivity contribution is -0.140. The van der Waals surface area contributed by atoms with Crippen LogP contribution in [0.1, 0.15) is 44.4 Å². The molecule has 7 heteroatoms. The van der Waals surface area contributed by atoms with Gasteiger partial charge in [-0.3, -0.25) is 9.59 Å². The third-order valence-electron chi connectivity index (χ3n) is 5.87. The highest BCUT2D eigenvalue weighted by Crippen LogP contribution is 2.40. The monoisotopic (exact) mass is 454 g/mol. The van der Waals surface area contributed by atoms with Gasteiger partial charge in [-0.05, 0) is 37.7 Å². The molecule has 1 unspecified atom stereocenters. The van der Waals surface area contributed by atoms with E-state index in [4.69, 9.17) is 4.74 Å². The number of carbonyl (C=O) groups is 2. The molecule has 0 radical (unpaired) electrons. The first kappa shape index (κ1) is 24.5. The standard InChI is InChI=1S/C26H31FN2O4/c1-4-16-33-19-11-9-10-18(17-19)24(30)22-23(20-12-7-8-13-21(20)27)29(26(32)25(22)31)15-14-28(5-2)6-3/h7-13,17,23,30H,4-6,14-16H2,1-3H3. The van der Waals surface area contributed by atoms with E-state index in [1.54, 1.807) is 42.5 Å². The van der Waals surface area contributed by atoms with Gasteiger partial charge < -0.3 is 19.6 Å². The van der Waals surface area contributed by atoms with Crippen molar-refractivity contribution in [1.82, 2.24) is 9.80 Å². The maximum atomic E-state index is 14.9. The minimum Gasteiger partial charge on any atom is -0.507 e. The van der Waals surface area contributed by atoms with Crippen LogP contribution in [-0.4, -0.2) is 59.4 Å². The largest absolute Gasteiger partial charge is 0.507 e. The van der Waals surface area contributed by atoms with E-state index in [-0.39, 0.29) is 23.4 Å². The highest BCUT2D eigenvalue weighted by atomic mass is 19.1. The zero-order valence-corrected chi connectivity index (χ0v) is 19.4. The van der Waals surface area contributed by atoms with E-state index < -0.39 is 23.5 Å². The predicted molar refractivity (Wildman–Crippen MR) is 125 cm³/mol. The number of hydrogen-bond donors (Lipinski definition) is 1. The van der Waals surface area contributed by atoms with Gasteiger partial charge in [-0.25, -0.2) is 4.39 Å². The molecule has 176 valence electrons. The van der Waals surface area contributed by atoms with Gasteiger partial charge in [0.2, 0.25) is 0 Å². The SMILES string of the molecule is CCCOc1cccc(C(O)=C2C(=O)C(=O)N(CCN(CC)CC)C2c2ccccc2F)c1. The average molecular weight is 455 g/mol. The number of ether oxygens (including phenoxy) is 1. The van der Waals surface area contributed by atoms with Gasteiger partial charge in [0, 0.05) is 24.2 Å². The Morgan fingerprint density at radius 3 is 2.48 bits per heavy atom. The lowest BCUT2D eigenvalue weighted by atomic mass is 9.95. The molecule has 1 heterocycles. The number of likely N-dealkylation sites (N-methyl/N-ethyl adjacent to an activating group) is 1. The maximum absolute atomic E-state index is 14.9. The summed E-state index contributed by atoms with van der Waals surface area (Å²) in [6, 6.07) is 11.7. The Hall–Kier alpha value is -3.19. The normalized spacial score (nSPS) is 17.7. The molecule has 1 aliphatic heterocycles. The second-order valence-electron chi connectivity index (χ2n) is 7.92. The molecule has 1 N–H and O–H groups in total. The Bertz CT molecular complexity index is 1030. The molecule has 1 fully saturated rings. The van der Waals surface area contributed by atoms with Crippen molar-refractivity contribution in [2.24, 2.45) is 0 Å². The van der Waals surface area contributed by atoms with Crippen LogP contribution < -0.4 is 4.74 Å². The van der Waals surface area contributed by atoms with Gasteiger partial charge in [0.15, 0.2) is 0 Å². The number of likely N-dealkylation sites (tertiary alicyclic amines) is 1. The molecule has 2 aromatic rings. The van der Waals surface area contributed by atoms with Crippen LogP contribution in [-0.2, 0) is 9.59 Å². The molecule has 1 saturated heterocycles. The average Bonchev–Trinajstić information content (AvgIpc) is 3.08. The van der Waals surface area contributed by atoms with Gasteiger partial charge >= 0.3 is 0 Å². The van der Waals surface area contributed by atoms with E-state index in [9.17, 15) is 19.1 Å². The number of hydrogen-bond acceptors (Lipinski definition) is 5. The van der Waals surface area contributed by atoms with Crippen molar-refractivity contribution in [3.8, 4) is 5.75 Å². The fourth-order valence-electron chi connectivity index (χ4n) is 4.03. The van der Waals surface area contributed by atoms with Crippen LogP contribution >= 0.6 is 0 Å². The molecule has 2 aromatic carbocycles. The lowest BCUT2D eigenvalue weighted by Crippen LogP contribution is -2.38. The van der Waals surface area contributed by atoms with Crippen LogP contribution in [0.3, 0.4) is 0 Å². The molecule has 1 amide bonds. The van der Waals surface area contributed by atoms with Crippen molar-refractivity contribution >= 4 is 17.4 Å². The molecular formula is C26H31FN2O4. The third kappa shape index (κ3) is 5.25. The van der Waals surface area contributed by atoms with E-state index in [0.717, 1.165) is 19.5 Å². The topological polar surface area (TPSA) is 70.1 Å². The minimum atomic E-state index is -1.01. The summed E-state index contributed by atoms with van der Waals surface area (Å²) >= 11 is 0. The van der Waals surface area contributed by atoms with E-state index in [1.165, 1.54) is 11.0 Å². The number of benzene rings is 2. The van der Waals surface area contributed by atoms with Gasteiger partial charge in [0.1, 0.15) is 17.3 Å². The molecule has 0 aromatic heterocycles. The van der Waals surface area contributed by atoms with Crippen molar-refractivity contribution in [3.05, 3.63) is 71.0 Å². The Morgan fingerprint density at radius 1 is 1.09 bits per heavy atom. The summed E-state index contributed by atoms with van der Waals surface area (Å²) in [6.45, 7) is 8.87. The molecule has 33 heavy (non-hydrogen) atoms. The first-order valence-corrected chi connectivity index (χ1v) is 11.4. The third-order valence-corrected chi connectivity index (χ3v) is 5.87. The van der Waals surface area contributed by atoms with Gasteiger partial charge in [0.25, 0.3) is 11.7 Å². The number of nitrogens with zero attached hydrogens (tertiary/aromatic N) is 2. The van der Waals surface area contributed by atoms with Crippen LogP contribution in [0, 0.1) is 5.82 Å². The van der Waals surface area contributed by atoms with Crippen LogP contribution in [0.4, 0.5) is 4.39 Å². The molecule has 1 atom stereocenters. The lowest BCUT2D eigenvalue weighted by Gasteiger charge is -2.28. The van der Waals surface area contributed by atoms with E-state index >= 15 is 0 Å². The molecule has 0 aliphatic carbocycles. The van der Waals surface area contributed by atoms with Gasteiger partial charge in [-0.2, -0.15) is 0 Å². The Labute approximate surface area is 194 Å². The first-order valence-electron chi connectivity index (χ1n) is 11.4. The number of aliphatic hydroxyl groups is 1. The minimum absolute atomic E-state index is 0.114. The summed E-state index contributed by atoms with van der Waals surface area (Å²) in [4.78, 5) is 29.6. The molecule has 0 bridgehead atoms. The van der Waals surface area contributed by atoms with Gasteiger partial charge in [-0.15, -0.1) is 0 Å². The number of Topliss-reactive ketones (excluding diaryl/α,β-unsaturated/α-hetero) is 1. The van der Waals surface area contributed by atoms with Crippen molar-refractivity contribution < 1.29 is 23.8 Å². The quantitative estimate of drug-likeness (QED) is 0.328. The smallest absolute Gasteiger partial charge is 0.295 e. The first-order chi connectivity index (χ1) is 15.9. The fourth-order valence-corrected chi connectivity index (χ4v) is 4.03. The van der Waals surface area contributed by atoms with Crippen LogP contribution in [0.5, 0.6) is 5.75 Å². The van der Waals surface area contributed by atoms with Crippen LogP contribution in [0.15, 0.2) is 54.1 Å². The van der Waals surface area contributed by atoms with Crippen LogP contribution in [0.25, 0.3) is 5.76 Å². The second-order valence-corrected chi connectivity index (χ2v) is 7.92. The highest BCUT2D eigenvalue weighted by Gasteiger charge is 2.46. The Morgan fingerprint density at radius 2 is 1.82 bits per heavy atom. The van der Waals surface area contributed by atoms with Crippen molar-refractivity contribution in [2.45, 2.75) is 33.2 Å². The zero-order chi connectivity index (χ0) is 24.0. The van der Waals surface area contributed by atoms with E-state index in [0.29, 0.717) is 24.5 Å². The van der Waals surface area contributed by atoms with Crippen molar-refractivity contribution in [1.29, 1.82) is 0 Å². The Kier molecular flexibility index (Phi) is 8.22. The summed E-state index contributed by atoms with van der Waals surface area (Å²) in [5, 5.41) is 11.2. The van der Waals surface area contributed by atoms with Gasteiger partial charge in [-0.1, -0.05) is 51.1 Å². The number of ketones is 1. The van der Waals surface area contributed by atoms with Crippen LogP contribution in [0.2, 0.25) is 0 Å². The number of aliphatic hydroxyl groups excluding tert-OH is 1. The molecule has 0 saturated carbocycles. The second kappa shape index (κ2) is 11.1. The Balaban J connectivity index is 2.09. The zero-order valence-electron chi connectivity index (χ0n) is 19.4. The van der Waals surface area contributed by atoms with E-state index in [2.05, 4.69) is 4.90 Å². The molecule has 0 spiro atoms. The van der Waals surface area contributed by atoms with Crippen molar-refractivity contribution in [2.75, 3.05) is 32.8 Å². The molecule has 3 rings (SSSR count). The molecule has 1 aliphatic rings. The van der Waals surface area contributed by atoms with Crippen molar-refractivity contribution in [3.63, 3.8) is 0 Å². The van der Waals surface area contributed by atoms with E-state index in [1.807, 2.05) is 20.8 Å². The number of amides is 1. The summed E-state index contributed by atoms with van der Waals surface area (Å²) in [6.07, 6.45) is 0.821. The predicted octanol–water partition coefficient (Wildman–Crippen LogP) is 4.38. The summed E-state index contributed by atoms with van der Waals surface area (Å²) in [7, 11) is 0. The molecule has 6 nitrogen and oxygen atoms in total. The number of carbonyl (C=O) groups excluding carboxylic acids is 2. The summed E-state index contributed by atoms with van der Waals surface area (Å²) in [5.41, 5.74) is 0.403. The number of halogens is 1. The summed E-state index contributed by atoms with van der Waals surface area (Å²) in [5.74, 6) is -1.90. The highest BCUT2D eigenvalue weighted by molar-refractivity contribution is 6.46. The molecular weight excluding hydrogens is 423 g/mol. The summed E-state index contributed by atoms with van der Waals surface area (Å²) < 4.78 is 20.5.